The summed E-state index contributed by atoms with van der Waals surface area (Å²) in [5.74, 6) is 0.574. The molecule has 0 heterocycles. The molecule has 0 saturated carbocycles. The smallest absolute Gasteiger partial charge is 0.277 e. The summed E-state index contributed by atoms with van der Waals surface area (Å²) in [6, 6.07) is 18.5. The molecule has 0 aromatic heterocycles. The number of phenolic OH excluding ortho intramolecular Hbond substituents is 1. The van der Waals surface area contributed by atoms with Crippen LogP contribution in [0.3, 0.4) is 0 Å². The zero-order chi connectivity index (χ0) is 19.1. The highest BCUT2D eigenvalue weighted by atomic mass is 16.5. The van der Waals surface area contributed by atoms with E-state index in [1.54, 1.807) is 18.2 Å². The minimum Gasteiger partial charge on any atom is -0.504 e. The Bertz CT molecular complexity index is 964. The molecule has 0 bridgehead atoms. The first-order valence-corrected chi connectivity index (χ1v) is 8.56. The van der Waals surface area contributed by atoms with E-state index in [9.17, 15) is 9.90 Å². The second kappa shape index (κ2) is 8.71. The third-order valence-corrected chi connectivity index (χ3v) is 3.83. The monoisotopic (exact) mass is 364 g/mol. The fourth-order valence-corrected chi connectivity index (χ4v) is 2.59. The van der Waals surface area contributed by atoms with E-state index >= 15 is 0 Å². The molecular weight excluding hydrogens is 344 g/mol. The van der Waals surface area contributed by atoms with Crippen LogP contribution in [0.1, 0.15) is 12.5 Å². The molecule has 3 aromatic carbocycles. The topological polar surface area (TPSA) is 80.2 Å². The van der Waals surface area contributed by atoms with E-state index in [1.165, 1.54) is 6.21 Å². The third kappa shape index (κ3) is 4.55. The molecule has 3 rings (SSSR count). The standard InChI is InChI=1S/C21H20N2O4/c1-2-26-19-12-6-9-16(21(19)25)13-22-23-20(24)14-27-18-11-5-8-15-7-3-4-10-17(15)18/h3-13,25H,2,14H2,1H3,(H,23,24). The van der Waals surface area contributed by atoms with Gasteiger partial charge in [-0.2, -0.15) is 5.10 Å². The number of rotatable bonds is 7. The molecule has 1 amide bonds. The molecule has 138 valence electrons. The Morgan fingerprint density at radius 3 is 2.63 bits per heavy atom. The van der Waals surface area contributed by atoms with E-state index in [-0.39, 0.29) is 12.4 Å². The van der Waals surface area contributed by atoms with Gasteiger partial charge in [0.15, 0.2) is 18.1 Å². The van der Waals surface area contributed by atoms with Crippen LogP contribution in [-0.2, 0) is 4.79 Å². The maximum absolute atomic E-state index is 12.0. The van der Waals surface area contributed by atoms with E-state index in [2.05, 4.69) is 10.5 Å². The summed E-state index contributed by atoms with van der Waals surface area (Å²) >= 11 is 0. The van der Waals surface area contributed by atoms with Gasteiger partial charge in [0.2, 0.25) is 0 Å². The number of amides is 1. The van der Waals surface area contributed by atoms with Crippen molar-refractivity contribution in [3.8, 4) is 17.2 Å². The number of benzene rings is 3. The average Bonchev–Trinajstić information content (AvgIpc) is 2.69. The maximum atomic E-state index is 12.0. The third-order valence-electron chi connectivity index (χ3n) is 3.83. The number of phenols is 1. The number of carbonyl (C=O) groups excluding carboxylic acids is 1. The Labute approximate surface area is 157 Å². The molecule has 0 fully saturated rings. The number of hydrogen-bond donors (Lipinski definition) is 2. The molecule has 0 aliphatic heterocycles. The highest BCUT2D eigenvalue weighted by Crippen LogP contribution is 2.28. The first kappa shape index (κ1) is 18.3. The lowest BCUT2D eigenvalue weighted by Crippen LogP contribution is -2.24. The van der Waals surface area contributed by atoms with Crippen molar-refractivity contribution in [2.24, 2.45) is 5.10 Å². The molecule has 0 radical (unpaired) electrons. The van der Waals surface area contributed by atoms with Crippen LogP contribution in [0.15, 0.2) is 65.8 Å². The highest BCUT2D eigenvalue weighted by molar-refractivity contribution is 5.89. The van der Waals surface area contributed by atoms with Gasteiger partial charge < -0.3 is 14.6 Å². The first-order chi connectivity index (χ1) is 13.2. The lowest BCUT2D eigenvalue weighted by molar-refractivity contribution is -0.123. The zero-order valence-corrected chi connectivity index (χ0v) is 14.9. The van der Waals surface area contributed by atoms with Gasteiger partial charge in [-0.1, -0.05) is 42.5 Å². The normalized spacial score (nSPS) is 10.9. The summed E-state index contributed by atoms with van der Waals surface area (Å²) < 4.78 is 10.9. The summed E-state index contributed by atoms with van der Waals surface area (Å²) in [6.45, 7) is 2.10. The molecule has 0 saturated heterocycles. The molecule has 6 heteroatoms. The van der Waals surface area contributed by atoms with Crippen LogP contribution < -0.4 is 14.9 Å². The quantitative estimate of drug-likeness (QED) is 0.497. The number of para-hydroxylation sites is 1. The molecule has 0 spiro atoms. The number of aromatic hydroxyl groups is 1. The number of nitrogens with one attached hydrogen (secondary N) is 1. The minimum atomic E-state index is -0.403. The number of nitrogens with zero attached hydrogens (tertiary/aromatic N) is 1. The highest BCUT2D eigenvalue weighted by Gasteiger charge is 2.07. The van der Waals surface area contributed by atoms with E-state index in [1.807, 2.05) is 49.4 Å². The lowest BCUT2D eigenvalue weighted by Gasteiger charge is -2.08. The van der Waals surface area contributed by atoms with Crippen molar-refractivity contribution in [1.82, 2.24) is 5.43 Å². The Morgan fingerprint density at radius 2 is 1.78 bits per heavy atom. The fraction of sp³-hybridized carbons (Fsp3) is 0.143. The summed E-state index contributed by atoms with van der Waals surface area (Å²) in [7, 11) is 0. The zero-order valence-electron chi connectivity index (χ0n) is 14.9. The Hall–Kier alpha value is -3.54. The van der Waals surface area contributed by atoms with Crippen molar-refractivity contribution < 1.29 is 19.4 Å². The van der Waals surface area contributed by atoms with Gasteiger partial charge in [-0.15, -0.1) is 0 Å². The van der Waals surface area contributed by atoms with Gasteiger partial charge in [-0.25, -0.2) is 5.43 Å². The summed E-state index contributed by atoms with van der Waals surface area (Å²) in [4.78, 5) is 12.0. The second-order valence-electron chi connectivity index (χ2n) is 5.69. The molecule has 0 aliphatic carbocycles. The van der Waals surface area contributed by atoms with Gasteiger partial charge in [0.1, 0.15) is 5.75 Å². The largest absolute Gasteiger partial charge is 0.504 e. The predicted molar refractivity (Wildman–Crippen MR) is 104 cm³/mol. The molecular formula is C21H20N2O4. The molecule has 0 aliphatic rings. The number of fused-ring (bicyclic) bond motifs is 1. The van der Waals surface area contributed by atoms with Crippen LogP contribution in [0.2, 0.25) is 0 Å². The molecule has 27 heavy (non-hydrogen) atoms. The van der Waals surface area contributed by atoms with Crippen molar-refractivity contribution in [2.45, 2.75) is 6.92 Å². The van der Waals surface area contributed by atoms with Gasteiger partial charge in [0, 0.05) is 10.9 Å². The minimum absolute atomic E-state index is 0.0237. The summed E-state index contributed by atoms with van der Waals surface area (Å²) in [6.07, 6.45) is 1.35. The second-order valence-corrected chi connectivity index (χ2v) is 5.69. The van der Waals surface area contributed by atoms with Crippen LogP contribution in [0.4, 0.5) is 0 Å². The molecule has 2 N–H and O–H groups in total. The van der Waals surface area contributed by atoms with E-state index in [0.29, 0.717) is 23.7 Å². The first-order valence-electron chi connectivity index (χ1n) is 8.56. The summed E-state index contributed by atoms with van der Waals surface area (Å²) in [5, 5.41) is 15.9. The van der Waals surface area contributed by atoms with Gasteiger partial charge in [0.25, 0.3) is 5.91 Å². The van der Waals surface area contributed by atoms with Crippen molar-refractivity contribution in [3.05, 3.63) is 66.2 Å². The molecule has 0 unspecified atom stereocenters. The average molecular weight is 364 g/mol. The van der Waals surface area contributed by atoms with Gasteiger partial charge in [-0.3, -0.25) is 4.79 Å². The van der Waals surface area contributed by atoms with Crippen molar-refractivity contribution in [2.75, 3.05) is 13.2 Å². The van der Waals surface area contributed by atoms with Crippen LogP contribution >= 0.6 is 0 Å². The number of ether oxygens (including phenoxy) is 2. The molecule has 3 aromatic rings. The van der Waals surface area contributed by atoms with Crippen molar-refractivity contribution in [3.63, 3.8) is 0 Å². The van der Waals surface area contributed by atoms with Gasteiger partial charge in [0.05, 0.1) is 12.8 Å². The lowest BCUT2D eigenvalue weighted by atomic mass is 10.1. The maximum Gasteiger partial charge on any atom is 0.277 e. The Morgan fingerprint density at radius 1 is 1.04 bits per heavy atom. The van der Waals surface area contributed by atoms with E-state index in [4.69, 9.17) is 9.47 Å². The van der Waals surface area contributed by atoms with E-state index < -0.39 is 5.91 Å². The van der Waals surface area contributed by atoms with E-state index in [0.717, 1.165) is 10.8 Å². The van der Waals surface area contributed by atoms with Crippen LogP contribution in [-0.4, -0.2) is 30.4 Å². The Kier molecular flexibility index (Phi) is 5.89. The Balaban J connectivity index is 1.58. The SMILES string of the molecule is CCOc1cccc(C=NNC(=O)COc2cccc3ccccc23)c1O. The van der Waals surface area contributed by atoms with Crippen molar-refractivity contribution >= 4 is 22.9 Å². The molecule has 0 atom stereocenters. The van der Waals surface area contributed by atoms with Crippen LogP contribution in [0.25, 0.3) is 10.8 Å². The fourth-order valence-electron chi connectivity index (χ4n) is 2.59. The molecule has 6 nitrogen and oxygen atoms in total. The van der Waals surface area contributed by atoms with Crippen molar-refractivity contribution in [1.29, 1.82) is 0 Å². The number of hydrogen-bond acceptors (Lipinski definition) is 5. The van der Waals surface area contributed by atoms with Crippen LogP contribution in [0.5, 0.6) is 17.2 Å². The van der Waals surface area contributed by atoms with Crippen LogP contribution in [0, 0.1) is 0 Å². The van der Waals surface area contributed by atoms with Gasteiger partial charge >= 0.3 is 0 Å². The summed E-state index contributed by atoms with van der Waals surface area (Å²) in [5.41, 5.74) is 2.82. The predicted octanol–water partition coefficient (Wildman–Crippen LogP) is 3.47. The van der Waals surface area contributed by atoms with Gasteiger partial charge in [-0.05, 0) is 30.5 Å². The number of carbonyl (C=O) groups is 1. The number of hydrazone groups is 1.